The highest BCUT2D eigenvalue weighted by Crippen LogP contribution is 2.44. The van der Waals surface area contributed by atoms with Gasteiger partial charge in [-0.1, -0.05) is 29.1 Å². The summed E-state index contributed by atoms with van der Waals surface area (Å²) in [6.45, 7) is 1.79. The van der Waals surface area contributed by atoms with E-state index in [1.807, 2.05) is 36.4 Å². The van der Waals surface area contributed by atoms with Crippen LogP contribution >= 0.6 is 0 Å². The number of nitrogens with zero attached hydrogens (tertiary/aromatic N) is 2. The van der Waals surface area contributed by atoms with Crippen LogP contribution < -0.4 is 9.47 Å². The molecule has 1 aromatic heterocycles. The molecule has 2 aliphatic rings. The lowest BCUT2D eigenvalue weighted by Crippen LogP contribution is -2.33. The average molecular weight is 501 g/mol. The number of hydrogen-bond donors (Lipinski definition) is 1. The SMILES string of the molecule is COc1ccc(C2(C#Cc3cccc(-c4nc(C)no4)c3)CCC(C(=O)O)CC2)cc1OC1CCCC1. The number of aromatic nitrogens is 2. The van der Waals surface area contributed by atoms with Gasteiger partial charge in [0.2, 0.25) is 0 Å². The Balaban J connectivity index is 1.50. The number of methoxy groups -OCH3 is 1. The van der Waals surface area contributed by atoms with Gasteiger partial charge in [0, 0.05) is 11.1 Å². The van der Waals surface area contributed by atoms with E-state index in [-0.39, 0.29) is 12.0 Å². The molecule has 2 fully saturated rings. The van der Waals surface area contributed by atoms with Gasteiger partial charge in [-0.05, 0) is 94.2 Å². The molecule has 0 bridgehead atoms. The Morgan fingerprint density at radius 1 is 1.08 bits per heavy atom. The number of carboxylic acids is 1. The molecule has 192 valence electrons. The van der Waals surface area contributed by atoms with Gasteiger partial charge in [-0.3, -0.25) is 4.79 Å². The zero-order valence-electron chi connectivity index (χ0n) is 21.3. The van der Waals surface area contributed by atoms with E-state index < -0.39 is 11.4 Å². The third-order valence-corrected chi connectivity index (χ3v) is 7.58. The van der Waals surface area contributed by atoms with E-state index in [2.05, 4.69) is 28.0 Å². The predicted octanol–water partition coefficient (Wildman–Crippen LogP) is 5.94. The van der Waals surface area contributed by atoms with Crippen LogP contribution in [0.4, 0.5) is 0 Å². The molecule has 0 unspecified atom stereocenters. The molecular weight excluding hydrogens is 468 g/mol. The highest BCUT2D eigenvalue weighted by Gasteiger charge is 2.38. The summed E-state index contributed by atoms with van der Waals surface area (Å²) in [5.74, 6) is 8.35. The molecule has 7 heteroatoms. The number of benzene rings is 2. The summed E-state index contributed by atoms with van der Waals surface area (Å²) in [6, 6.07) is 13.8. The van der Waals surface area contributed by atoms with E-state index in [9.17, 15) is 9.90 Å². The maximum Gasteiger partial charge on any atom is 0.306 e. The first kappa shape index (κ1) is 24.9. The van der Waals surface area contributed by atoms with E-state index in [4.69, 9.17) is 14.0 Å². The lowest BCUT2D eigenvalue weighted by Gasteiger charge is -2.36. The minimum absolute atomic E-state index is 0.199. The van der Waals surface area contributed by atoms with Crippen LogP contribution in [0.1, 0.15) is 68.3 Å². The molecule has 37 heavy (non-hydrogen) atoms. The minimum Gasteiger partial charge on any atom is -0.493 e. The van der Waals surface area contributed by atoms with E-state index in [0.717, 1.165) is 35.3 Å². The molecule has 0 amide bonds. The van der Waals surface area contributed by atoms with Crippen molar-refractivity contribution in [3.8, 4) is 34.8 Å². The summed E-state index contributed by atoms with van der Waals surface area (Å²) in [5.41, 5.74) is 2.21. The number of carbonyl (C=O) groups is 1. The first-order chi connectivity index (χ1) is 18.0. The van der Waals surface area contributed by atoms with E-state index in [1.54, 1.807) is 14.0 Å². The zero-order chi connectivity index (χ0) is 25.8. The van der Waals surface area contributed by atoms with Gasteiger partial charge in [-0.25, -0.2) is 0 Å². The molecule has 2 saturated carbocycles. The number of carboxylic acid groups (broad SMARTS) is 1. The Bertz CT molecular complexity index is 1320. The maximum absolute atomic E-state index is 11.7. The van der Waals surface area contributed by atoms with Gasteiger partial charge in [-0.2, -0.15) is 4.98 Å². The minimum atomic E-state index is -0.732. The quantitative estimate of drug-likeness (QED) is 0.419. The molecule has 0 atom stereocenters. The van der Waals surface area contributed by atoms with Crippen LogP contribution in [0.5, 0.6) is 11.5 Å². The summed E-state index contributed by atoms with van der Waals surface area (Å²) >= 11 is 0. The van der Waals surface area contributed by atoms with Crippen molar-refractivity contribution >= 4 is 5.97 Å². The standard InChI is InChI=1S/C30H32N2O5/c1-20-31-28(37-32-20)23-7-5-6-21(18-23)12-15-30(16-13-22(14-17-30)29(33)34)24-10-11-26(35-2)27(19-24)36-25-8-3-4-9-25/h5-7,10-11,18-19,22,25H,3-4,8-9,13-14,16-17H2,1-2H3,(H,33,34). The molecule has 2 aliphatic carbocycles. The van der Waals surface area contributed by atoms with Crippen molar-refractivity contribution in [2.24, 2.45) is 5.92 Å². The highest BCUT2D eigenvalue weighted by atomic mass is 16.5. The third-order valence-electron chi connectivity index (χ3n) is 7.58. The molecule has 0 aliphatic heterocycles. The van der Waals surface area contributed by atoms with Crippen LogP contribution in [0.3, 0.4) is 0 Å². The Morgan fingerprint density at radius 3 is 2.54 bits per heavy atom. The number of rotatable bonds is 6. The first-order valence-corrected chi connectivity index (χ1v) is 13.0. The predicted molar refractivity (Wildman–Crippen MR) is 138 cm³/mol. The molecule has 7 nitrogen and oxygen atoms in total. The fourth-order valence-corrected chi connectivity index (χ4v) is 5.43. The normalized spacial score (nSPS) is 21.7. The number of hydrogen-bond acceptors (Lipinski definition) is 6. The van der Waals surface area contributed by atoms with Gasteiger partial charge in [0.1, 0.15) is 0 Å². The summed E-state index contributed by atoms with van der Waals surface area (Å²) in [6.07, 6.45) is 7.14. The second kappa shape index (κ2) is 10.7. The smallest absolute Gasteiger partial charge is 0.306 e. The fourth-order valence-electron chi connectivity index (χ4n) is 5.43. The van der Waals surface area contributed by atoms with Crippen molar-refractivity contribution in [3.05, 3.63) is 59.4 Å². The molecule has 3 aromatic rings. The van der Waals surface area contributed by atoms with Crippen molar-refractivity contribution in [1.29, 1.82) is 0 Å². The fraction of sp³-hybridized carbons (Fsp3) is 0.433. The first-order valence-electron chi connectivity index (χ1n) is 13.0. The van der Waals surface area contributed by atoms with Crippen molar-refractivity contribution < 1.29 is 23.9 Å². The van der Waals surface area contributed by atoms with E-state index >= 15 is 0 Å². The van der Waals surface area contributed by atoms with Crippen LogP contribution in [-0.4, -0.2) is 34.4 Å². The van der Waals surface area contributed by atoms with Crippen molar-refractivity contribution in [2.75, 3.05) is 7.11 Å². The summed E-state index contributed by atoms with van der Waals surface area (Å²) in [5, 5.41) is 13.5. The Hall–Kier alpha value is -3.79. The van der Waals surface area contributed by atoms with Crippen LogP contribution in [0.15, 0.2) is 47.0 Å². The van der Waals surface area contributed by atoms with Gasteiger partial charge in [0.15, 0.2) is 17.3 Å². The van der Waals surface area contributed by atoms with Gasteiger partial charge < -0.3 is 19.1 Å². The summed E-state index contributed by atoms with van der Waals surface area (Å²) in [4.78, 5) is 16.0. The lowest BCUT2D eigenvalue weighted by molar-refractivity contribution is -0.143. The van der Waals surface area contributed by atoms with Gasteiger partial charge in [-0.15, -0.1) is 0 Å². The highest BCUT2D eigenvalue weighted by molar-refractivity contribution is 5.70. The van der Waals surface area contributed by atoms with Gasteiger partial charge in [0.05, 0.1) is 24.5 Å². The molecular formula is C30H32N2O5. The molecule has 0 spiro atoms. The second-order valence-corrected chi connectivity index (χ2v) is 10.1. The molecule has 1 heterocycles. The topological polar surface area (TPSA) is 94.7 Å². The Morgan fingerprint density at radius 2 is 1.86 bits per heavy atom. The van der Waals surface area contributed by atoms with Crippen LogP contribution in [-0.2, 0) is 10.2 Å². The summed E-state index contributed by atoms with van der Waals surface area (Å²) < 4.78 is 17.3. The number of aliphatic carboxylic acids is 1. The number of aryl methyl sites for hydroxylation is 1. The van der Waals surface area contributed by atoms with E-state index in [1.165, 1.54) is 12.8 Å². The third kappa shape index (κ3) is 5.48. The van der Waals surface area contributed by atoms with Crippen molar-refractivity contribution in [2.45, 2.75) is 69.8 Å². The Kier molecular flexibility index (Phi) is 7.18. The van der Waals surface area contributed by atoms with Crippen LogP contribution in [0.25, 0.3) is 11.5 Å². The largest absolute Gasteiger partial charge is 0.493 e. The summed E-state index contributed by atoms with van der Waals surface area (Å²) in [7, 11) is 1.65. The van der Waals surface area contributed by atoms with Crippen LogP contribution in [0, 0.1) is 24.7 Å². The maximum atomic E-state index is 11.7. The Labute approximate surface area is 217 Å². The molecule has 0 saturated heterocycles. The van der Waals surface area contributed by atoms with Gasteiger partial charge >= 0.3 is 5.97 Å². The lowest BCUT2D eigenvalue weighted by atomic mass is 9.67. The van der Waals surface area contributed by atoms with Crippen molar-refractivity contribution in [1.82, 2.24) is 10.1 Å². The molecule has 2 aromatic carbocycles. The van der Waals surface area contributed by atoms with E-state index in [0.29, 0.717) is 43.1 Å². The van der Waals surface area contributed by atoms with Crippen LogP contribution in [0.2, 0.25) is 0 Å². The monoisotopic (exact) mass is 500 g/mol. The number of ether oxygens (including phenoxy) is 2. The zero-order valence-corrected chi connectivity index (χ0v) is 21.3. The molecule has 1 N–H and O–H groups in total. The average Bonchev–Trinajstić information content (AvgIpc) is 3.59. The van der Waals surface area contributed by atoms with Crippen molar-refractivity contribution in [3.63, 3.8) is 0 Å². The molecule has 0 radical (unpaired) electrons. The second-order valence-electron chi connectivity index (χ2n) is 10.1. The van der Waals surface area contributed by atoms with Gasteiger partial charge in [0.25, 0.3) is 5.89 Å². The molecule has 5 rings (SSSR count).